The molecule has 0 spiro atoms. The molecule has 0 unspecified atom stereocenters. The van der Waals surface area contributed by atoms with Crippen molar-refractivity contribution in [3.63, 3.8) is 0 Å². The normalized spacial score (nSPS) is 17.4. The van der Waals surface area contributed by atoms with Crippen LogP contribution >= 0.6 is 0 Å². The van der Waals surface area contributed by atoms with E-state index in [1.54, 1.807) is 11.9 Å². The van der Waals surface area contributed by atoms with Crippen LogP contribution in [0.5, 0.6) is 17.2 Å². The van der Waals surface area contributed by atoms with Gasteiger partial charge < -0.3 is 24.4 Å². The number of benzene rings is 2. The molecule has 0 fully saturated rings. The van der Waals surface area contributed by atoms with E-state index in [0.29, 0.717) is 13.2 Å². The van der Waals surface area contributed by atoms with Gasteiger partial charge in [0.05, 0.1) is 12.6 Å². The van der Waals surface area contributed by atoms with E-state index in [-0.39, 0.29) is 18.9 Å². The van der Waals surface area contributed by atoms with Gasteiger partial charge in [-0.3, -0.25) is 0 Å². The number of nitrogens with zero attached hydrogens (tertiary/aromatic N) is 1. The summed E-state index contributed by atoms with van der Waals surface area (Å²) in [5, 5.41) is 3.10. The zero-order valence-electron chi connectivity index (χ0n) is 14.0. The van der Waals surface area contributed by atoms with Crippen molar-refractivity contribution in [2.24, 2.45) is 0 Å². The van der Waals surface area contributed by atoms with Gasteiger partial charge in [0.2, 0.25) is 6.79 Å². The lowest BCUT2D eigenvalue weighted by atomic mass is 10.0. The van der Waals surface area contributed by atoms with E-state index in [1.807, 2.05) is 42.5 Å². The standard InChI is InChI=1S/C19H20N2O4/c1-21(11-13-6-7-17-18(10-13)25-12-24-17)19(22)20-15-8-9-23-16-5-3-2-4-14(15)16/h2-7,10,15H,8-9,11-12H2,1H3,(H,20,22)/t15-/m1/s1. The fourth-order valence-corrected chi connectivity index (χ4v) is 3.14. The summed E-state index contributed by atoms with van der Waals surface area (Å²) in [5.41, 5.74) is 2.02. The molecular formula is C19H20N2O4. The number of ether oxygens (including phenoxy) is 3. The summed E-state index contributed by atoms with van der Waals surface area (Å²) in [6.45, 7) is 1.35. The van der Waals surface area contributed by atoms with Crippen LogP contribution in [0.2, 0.25) is 0 Å². The third-order valence-corrected chi connectivity index (χ3v) is 4.46. The molecule has 0 aliphatic carbocycles. The summed E-state index contributed by atoms with van der Waals surface area (Å²) in [6, 6.07) is 13.4. The summed E-state index contributed by atoms with van der Waals surface area (Å²) in [5.74, 6) is 2.32. The van der Waals surface area contributed by atoms with Gasteiger partial charge in [-0.15, -0.1) is 0 Å². The summed E-state index contributed by atoms with van der Waals surface area (Å²) in [4.78, 5) is 14.2. The Labute approximate surface area is 146 Å². The summed E-state index contributed by atoms with van der Waals surface area (Å²) < 4.78 is 16.3. The fourth-order valence-electron chi connectivity index (χ4n) is 3.14. The number of carbonyl (C=O) groups excluding carboxylic acids is 1. The first-order valence-electron chi connectivity index (χ1n) is 8.32. The minimum absolute atomic E-state index is 0.0309. The molecule has 130 valence electrons. The molecule has 0 radical (unpaired) electrons. The SMILES string of the molecule is CN(Cc1ccc2c(c1)OCO2)C(=O)N[C@@H]1CCOc2ccccc21. The highest BCUT2D eigenvalue weighted by Gasteiger charge is 2.24. The molecule has 2 heterocycles. The van der Waals surface area contributed by atoms with Crippen molar-refractivity contribution in [1.29, 1.82) is 0 Å². The summed E-state index contributed by atoms with van der Waals surface area (Å²) in [7, 11) is 1.78. The van der Waals surface area contributed by atoms with Crippen molar-refractivity contribution >= 4 is 6.03 Å². The van der Waals surface area contributed by atoms with Gasteiger partial charge in [-0.2, -0.15) is 0 Å². The molecule has 25 heavy (non-hydrogen) atoms. The molecule has 2 aromatic carbocycles. The lowest BCUT2D eigenvalue weighted by molar-refractivity contribution is 0.173. The Morgan fingerprint density at radius 1 is 1.12 bits per heavy atom. The van der Waals surface area contributed by atoms with Crippen molar-refractivity contribution in [2.45, 2.75) is 19.0 Å². The van der Waals surface area contributed by atoms with Crippen LogP contribution in [0, 0.1) is 0 Å². The number of fused-ring (bicyclic) bond motifs is 2. The maximum atomic E-state index is 12.6. The Balaban J connectivity index is 1.41. The first-order valence-corrected chi connectivity index (χ1v) is 8.32. The first kappa shape index (κ1) is 15.6. The Morgan fingerprint density at radius 2 is 1.96 bits per heavy atom. The molecule has 6 heteroatoms. The molecule has 6 nitrogen and oxygen atoms in total. The van der Waals surface area contributed by atoms with Crippen molar-refractivity contribution < 1.29 is 19.0 Å². The third-order valence-electron chi connectivity index (χ3n) is 4.46. The molecular weight excluding hydrogens is 320 g/mol. The third kappa shape index (κ3) is 3.20. The Morgan fingerprint density at radius 3 is 2.88 bits per heavy atom. The Bertz CT molecular complexity index is 793. The molecule has 2 aliphatic heterocycles. The maximum absolute atomic E-state index is 12.6. The van der Waals surface area contributed by atoms with Crippen LogP contribution in [0.3, 0.4) is 0 Å². The topological polar surface area (TPSA) is 60.0 Å². The number of rotatable bonds is 3. The lowest BCUT2D eigenvalue weighted by Crippen LogP contribution is -2.40. The number of urea groups is 1. The average Bonchev–Trinajstić information content (AvgIpc) is 3.10. The first-order chi connectivity index (χ1) is 12.2. The minimum Gasteiger partial charge on any atom is -0.493 e. The van der Waals surface area contributed by atoms with Crippen molar-refractivity contribution in [2.75, 3.05) is 20.4 Å². The van der Waals surface area contributed by atoms with Crippen LogP contribution in [-0.4, -0.2) is 31.4 Å². The molecule has 2 amide bonds. The second-order valence-electron chi connectivity index (χ2n) is 6.22. The quantitative estimate of drug-likeness (QED) is 0.933. The number of hydrogen-bond acceptors (Lipinski definition) is 4. The monoisotopic (exact) mass is 340 g/mol. The Kier molecular flexibility index (Phi) is 4.09. The van der Waals surface area contributed by atoms with Crippen LogP contribution in [0.25, 0.3) is 0 Å². The smallest absolute Gasteiger partial charge is 0.317 e. The number of para-hydroxylation sites is 1. The van der Waals surface area contributed by atoms with Gasteiger partial charge in [0.1, 0.15) is 5.75 Å². The van der Waals surface area contributed by atoms with Crippen LogP contribution in [0.15, 0.2) is 42.5 Å². The molecule has 0 saturated carbocycles. The summed E-state index contributed by atoms with van der Waals surface area (Å²) >= 11 is 0. The van der Waals surface area contributed by atoms with Crippen LogP contribution < -0.4 is 19.5 Å². The highest BCUT2D eigenvalue weighted by Crippen LogP contribution is 2.33. The molecule has 2 aromatic rings. The predicted molar refractivity (Wildman–Crippen MR) is 91.9 cm³/mol. The van der Waals surface area contributed by atoms with Gasteiger partial charge in [0, 0.05) is 25.6 Å². The van der Waals surface area contributed by atoms with E-state index in [1.165, 1.54) is 0 Å². The van der Waals surface area contributed by atoms with Gasteiger partial charge in [0.15, 0.2) is 11.5 Å². The molecule has 0 saturated heterocycles. The number of hydrogen-bond donors (Lipinski definition) is 1. The van der Waals surface area contributed by atoms with Gasteiger partial charge in [-0.05, 0) is 23.8 Å². The van der Waals surface area contributed by atoms with Crippen molar-refractivity contribution in [1.82, 2.24) is 10.2 Å². The largest absolute Gasteiger partial charge is 0.493 e. The van der Waals surface area contributed by atoms with Crippen LogP contribution in [0.4, 0.5) is 4.79 Å². The predicted octanol–water partition coefficient (Wildman–Crippen LogP) is 3.08. The number of amides is 2. The number of carbonyl (C=O) groups is 1. The highest BCUT2D eigenvalue weighted by atomic mass is 16.7. The molecule has 2 aliphatic rings. The van der Waals surface area contributed by atoms with Crippen LogP contribution in [-0.2, 0) is 6.54 Å². The summed E-state index contributed by atoms with van der Waals surface area (Å²) in [6.07, 6.45) is 0.765. The van der Waals surface area contributed by atoms with Gasteiger partial charge >= 0.3 is 6.03 Å². The van der Waals surface area contributed by atoms with Gasteiger partial charge in [-0.25, -0.2) is 4.79 Å². The van der Waals surface area contributed by atoms with E-state index >= 15 is 0 Å². The molecule has 1 atom stereocenters. The van der Waals surface area contributed by atoms with Gasteiger partial charge in [-0.1, -0.05) is 24.3 Å². The van der Waals surface area contributed by atoms with E-state index in [2.05, 4.69) is 5.32 Å². The second kappa shape index (κ2) is 6.55. The zero-order chi connectivity index (χ0) is 17.2. The zero-order valence-corrected chi connectivity index (χ0v) is 14.0. The molecule has 4 rings (SSSR count). The van der Waals surface area contributed by atoms with Crippen LogP contribution in [0.1, 0.15) is 23.6 Å². The van der Waals surface area contributed by atoms with Crippen molar-refractivity contribution in [3.05, 3.63) is 53.6 Å². The van der Waals surface area contributed by atoms with Gasteiger partial charge in [0.25, 0.3) is 0 Å². The minimum atomic E-state index is -0.112. The van der Waals surface area contributed by atoms with E-state index in [9.17, 15) is 4.79 Å². The second-order valence-corrected chi connectivity index (χ2v) is 6.22. The fraction of sp³-hybridized carbons (Fsp3) is 0.316. The maximum Gasteiger partial charge on any atom is 0.317 e. The molecule has 0 bridgehead atoms. The lowest BCUT2D eigenvalue weighted by Gasteiger charge is -2.28. The van der Waals surface area contributed by atoms with E-state index in [0.717, 1.165) is 34.8 Å². The number of nitrogens with one attached hydrogen (secondary N) is 1. The highest BCUT2D eigenvalue weighted by molar-refractivity contribution is 5.74. The van der Waals surface area contributed by atoms with E-state index in [4.69, 9.17) is 14.2 Å². The molecule has 0 aromatic heterocycles. The Hall–Kier alpha value is -2.89. The van der Waals surface area contributed by atoms with E-state index < -0.39 is 0 Å². The van der Waals surface area contributed by atoms with Crippen molar-refractivity contribution in [3.8, 4) is 17.2 Å². The average molecular weight is 340 g/mol. The molecule has 1 N–H and O–H groups in total.